The predicted molar refractivity (Wildman–Crippen MR) is 124 cm³/mol. The minimum absolute atomic E-state index is 0.0736. The first-order valence-corrected chi connectivity index (χ1v) is 11.0. The lowest BCUT2D eigenvalue weighted by molar-refractivity contribution is -0.118. The van der Waals surface area contributed by atoms with Gasteiger partial charge in [0, 0.05) is 18.7 Å². The highest BCUT2D eigenvalue weighted by Gasteiger charge is 2.32. The van der Waals surface area contributed by atoms with Crippen molar-refractivity contribution >= 4 is 34.5 Å². The molecule has 8 heteroatoms. The molecule has 3 N–H and O–H groups in total. The van der Waals surface area contributed by atoms with Crippen molar-refractivity contribution in [3.05, 3.63) is 53.6 Å². The first-order chi connectivity index (χ1) is 15.9. The van der Waals surface area contributed by atoms with E-state index >= 15 is 0 Å². The molecule has 0 aromatic heterocycles. The molecule has 0 bridgehead atoms. The number of aliphatic hydroxyl groups excluding tert-OH is 1. The number of hydrogen-bond donors (Lipinski definition) is 3. The van der Waals surface area contributed by atoms with Crippen LogP contribution in [0.3, 0.4) is 0 Å². The molecule has 1 fully saturated rings. The van der Waals surface area contributed by atoms with Crippen LogP contribution in [0.5, 0.6) is 11.5 Å². The maximum absolute atomic E-state index is 13.0. The smallest absolute Gasteiger partial charge is 0.254 e. The lowest BCUT2D eigenvalue weighted by Crippen LogP contribution is -2.30. The van der Waals surface area contributed by atoms with E-state index in [-0.39, 0.29) is 23.5 Å². The van der Waals surface area contributed by atoms with Gasteiger partial charge in [-0.3, -0.25) is 14.6 Å². The number of hydrogen-bond acceptors (Lipinski definition) is 6. The van der Waals surface area contributed by atoms with E-state index in [0.29, 0.717) is 60.8 Å². The molecule has 2 aliphatic heterocycles. The van der Waals surface area contributed by atoms with Crippen molar-refractivity contribution in [1.29, 1.82) is 0 Å². The van der Waals surface area contributed by atoms with Crippen molar-refractivity contribution in [2.75, 3.05) is 25.5 Å². The molecule has 2 aromatic carbocycles. The number of rotatable bonds is 3. The van der Waals surface area contributed by atoms with Gasteiger partial charge in [0.05, 0.1) is 36.2 Å². The summed E-state index contributed by atoms with van der Waals surface area (Å²) in [7, 11) is 1.51. The molecule has 0 radical (unpaired) electrons. The largest absolute Gasteiger partial charge is 0.504 e. The van der Waals surface area contributed by atoms with Gasteiger partial charge in [0.15, 0.2) is 11.5 Å². The molecule has 170 valence electrons. The number of β-amino-alcohol motifs (C(OH)–C–C–N with tert-alkyl or cyclic N) is 1. The number of benzene rings is 2. The summed E-state index contributed by atoms with van der Waals surface area (Å²) in [6, 6.07) is 10.3. The highest BCUT2D eigenvalue weighted by molar-refractivity contribution is 6.19. The Labute approximate surface area is 191 Å². The van der Waals surface area contributed by atoms with Crippen molar-refractivity contribution in [3.8, 4) is 11.5 Å². The van der Waals surface area contributed by atoms with Crippen molar-refractivity contribution in [2.45, 2.75) is 25.4 Å². The highest BCUT2D eigenvalue weighted by Crippen LogP contribution is 2.38. The zero-order valence-electron chi connectivity index (χ0n) is 18.2. The number of carbonyl (C=O) groups excluding carboxylic acids is 2. The zero-order chi connectivity index (χ0) is 23.1. The predicted octanol–water partition coefficient (Wildman–Crippen LogP) is 3.13. The molecule has 2 heterocycles. The molecular formula is C25H25N3O5. The van der Waals surface area contributed by atoms with Crippen LogP contribution in [-0.2, 0) is 4.79 Å². The number of amides is 2. The number of phenols is 1. The summed E-state index contributed by atoms with van der Waals surface area (Å²) in [5.41, 5.74) is 4.15. The van der Waals surface area contributed by atoms with Crippen LogP contribution in [0.15, 0.2) is 47.5 Å². The van der Waals surface area contributed by atoms with E-state index in [1.165, 1.54) is 7.11 Å². The lowest BCUT2D eigenvalue weighted by atomic mass is 9.84. The summed E-state index contributed by atoms with van der Waals surface area (Å²) < 4.78 is 5.22. The normalized spacial score (nSPS) is 21.9. The number of fused-ring (bicyclic) bond motifs is 2. The second-order valence-corrected chi connectivity index (χ2v) is 8.60. The number of allylic oxidation sites excluding steroid dienone is 2. The lowest BCUT2D eigenvalue weighted by Gasteiger charge is -2.22. The Kier molecular flexibility index (Phi) is 5.38. The van der Waals surface area contributed by atoms with Crippen LogP contribution >= 0.6 is 0 Å². The number of phenolic OH excluding ortho intramolecular Hbond substituents is 1. The summed E-state index contributed by atoms with van der Waals surface area (Å²) in [5, 5.41) is 22.6. The van der Waals surface area contributed by atoms with Crippen LogP contribution in [-0.4, -0.2) is 58.9 Å². The number of aromatic hydroxyl groups is 1. The molecule has 5 rings (SSSR count). The minimum atomic E-state index is -0.487. The summed E-state index contributed by atoms with van der Waals surface area (Å²) in [5.74, 6) is -0.227. The van der Waals surface area contributed by atoms with Crippen molar-refractivity contribution < 1.29 is 24.5 Å². The maximum atomic E-state index is 13.0. The summed E-state index contributed by atoms with van der Waals surface area (Å²) in [6.45, 7) is 0.839. The number of likely N-dealkylation sites (tertiary alicyclic amines) is 1. The van der Waals surface area contributed by atoms with Crippen LogP contribution in [0.2, 0.25) is 0 Å². The van der Waals surface area contributed by atoms with Gasteiger partial charge in [-0.05, 0) is 66.8 Å². The monoisotopic (exact) mass is 447 g/mol. The number of carbonyl (C=O) groups is 2. The molecule has 1 aliphatic carbocycles. The zero-order valence-corrected chi connectivity index (χ0v) is 18.2. The summed E-state index contributed by atoms with van der Waals surface area (Å²) >= 11 is 0. The second-order valence-electron chi connectivity index (χ2n) is 8.60. The molecule has 2 atom stereocenters. The van der Waals surface area contributed by atoms with Crippen LogP contribution in [0, 0.1) is 5.92 Å². The van der Waals surface area contributed by atoms with Gasteiger partial charge in [0.25, 0.3) is 5.91 Å². The van der Waals surface area contributed by atoms with Crippen molar-refractivity contribution in [2.24, 2.45) is 10.9 Å². The maximum Gasteiger partial charge on any atom is 0.254 e. The molecule has 33 heavy (non-hydrogen) atoms. The summed E-state index contributed by atoms with van der Waals surface area (Å²) in [6.07, 6.45) is 3.30. The first kappa shape index (κ1) is 21.2. The van der Waals surface area contributed by atoms with Crippen LogP contribution in [0.25, 0.3) is 5.57 Å². The second kappa shape index (κ2) is 8.37. The van der Waals surface area contributed by atoms with E-state index in [1.54, 1.807) is 35.2 Å². The molecule has 0 saturated carbocycles. The van der Waals surface area contributed by atoms with Gasteiger partial charge in [-0.15, -0.1) is 0 Å². The third kappa shape index (κ3) is 3.98. The van der Waals surface area contributed by atoms with Gasteiger partial charge in [0.1, 0.15) is 0 Å². The molecular weight excluding hydrogens is 422 g/mol. The van der Waals surface area contributed by atoms with Crippen LogP contribution < -0.4 is 10.1 Å². The van der Waals surface area contributed by atoms with E-state index < -0.39 is 6.10 Å². The standard InChI is InChI=1S/C25H25N3O5/c1-33-23-12-15(4-7-22(23)30)14-2-5-18-20(10-14)26-19-6-3-16(11-21(19)27-24(18)31)25(32)28-9-8-17(29)13-28/h3-4,6-7,10-12,17-18,29-30H,2,5,8-9,13H2,1H3,(H,27,31). The van der Waals surface area contributed by atoms with E-state index in [2.05, 4.69) is 5.32 Å². The molecule has 3 aliphatic rings. The number of anilines is 1. The molecule has 0 spiro atoms. The third-order valence-corrected chi connectivity index (χ3v) is 6.45. The highest BCUT2D eigenvalue weighted by atomic mass is 16.5. The Morgan fingerprint density at radius 2 is 2.06 bits per heavy atom. The Bertz CT molecular complexity index is 1200. The number of aliphatic hydroxyl groups is 1. The molecule has 2 aromatic rings. The first-order valence-electron chi connectivity index (χ1n) is 11.0. The average molecular weight is 447 g/mol. The van der Waals surface area contributed by atoms with Gasteiger partial charge in [-0.2, -0.15) is 0 Å². The molecule has 1 saturated heterocycles. The van der Waals surface area contributed by atoms with Gasteiger partial charge in [0.2, 0.25) is 5.91 Å². The Balaban J connectivity index is 1.47. The number of ether oxygens (including phenoxy) is 1. The fraction of sp³-hybridized carbons (Fsp3) is 0.320. The van der Waals surface area contributed by atoms with Crippen molar-refractivity contribution in [3.63, 3.8) is 0 Å². The van der Waals surface area contributed by atoms with Crippen LogP contribution in [0.4, 0.5) is 11.4 Å². The Morgan fingerprint density at radius 1 is 1.21 bits per heavy atom. The van der Waals surface area contributed by atoms with E-state index in [0.717, 1.165) is 11.1 Å². The van der Waals surface area contributed by atoms with Crippen molar-refractivity contribution in [1.82, 2.24) is 4.90 Å². The van der Waals surface area contributed by atoms with E-state index in [1.807, 2.05) is 12.1 Å². The minimum Gasteiger partial charge on any atom is -0.504 e. The average Bonchev–Trinajstić information content (AvgIpc) is 3.20. The fourth-order valence-electron chi connectivity index (χ4n) is 4.61. The number of methoxy groups -OCH3 is 1. The number of nitrogens with one attached hydrogen (secondary N) is 1. The topological polar surface area (TPSA) is 111 Å². The molecule has 2 unspecified atom stereocenters. The van der Waals surface area contributed by atoms with Gasteiger partial charge >= 0.3 is 0 Å². The summed E-state index contributed by atoms with van der Waals surface area (Å²) in [4.78, 5) is 32.2. The Hall–Kier alpha value is -3.65. The molecule has 8 nitrogen and oxygen atoms in total. The Morgan fingerprint density at radius 3 is 2.82 bits per heavy atom. The van der Waals surface area contributed by atoms with Gasteiger partial charge in [-0.1, -0.05) is 6.07 Å². The number of aliphatic imine (C=N–C) groups is 1. The van der Waals surface area contributed by atoms with Gasteiger partial charge < -0.3 is 25.2 Å². The third-order valence-electron chi connectivity index (χ3n) is 6.45. The fourth-order valence-corrected chi connectivity index (χ4v) is 4.61. The van der Waals surface area contributed by atoms with E-state index in [9.17, 15) is 19.8 Å². The van der Waals surface area contributed by atoms with Gasteiger partial charge in [-0.25, -0.2) is 0 Å². The van der Waals surface area contributed by atoms with E-state index in [4.69, 9.17) is 9.73 Å². The van der Waals surface area contributed by atoms with Crippen LogP contribution in [0.1, 0.15) is 35.2 Å². The number of nitrogens with zero attached hydrogens (tertiary/aromatic N) is 2. The molecule has 2 amide bonds. The quantitative estimate of drug-likeness (QED) is 0.669. The SMILES string of the molecule is COc1cc(C2=CC3=Nc4ccc(C(=O)N5CCC(O)C5)cc4NC(=O)C3CC2)ccc1O.